The van der Waals surface area contributed by atoms with Gasteiger partial charge >= 0.3 is 0 Å². The summed E-state index contributed by atoms with van der Waals surface area (Å²) >= 11 is 19.3. The average molecular weight is 530 g/mol. The van der Waals surface area contributed by atoms with Crippen molar-refractivity contribution in [3.8, 4) is 5.75 Å². The Bertz CT molecular complexity index is 922. The predicted molar refractivity (Wildman–Crippen MR) is 121 cm³/mol. The van der Waals surface area contributed by atoms with Crippen LogP contribution >= 0.6 is 55.1 Å². The number of anilines is 1. The minimum Gasteiger partial charge on any atom is -0.487 e. The smallest absolute Gasteiger partial charge is 0.148 e. The minimum absolute atomic E-state index is 0.466. The molecule has 0 fully saturated rings. The summed E-state index contributed by atoms with van der Waals surface area (Å²) in [4.78, 5) is 0. The van der Waals surface area contributed by atoms with Crippen molar-refractivity contribution in [1.29, 1.82) is 0 Å². The number of hydrogen-bond acceptors (Lipinski definition) is 2. The molecule has 6 heteroatoms. The van der Waals surface area contributed by atoms with E-state index in [2.05, 4.69) is 49.3 Å². The fourth-order valence-corrected chi connectivity index (χ4v) is 4.40. The minimum atomic E-state index is 0.466. The third kappa shape index (κ3) is 5.41. The van der Waals surface area contributed by atoms with E-state index in [0.717, 1.165) is 42.1 Å². The van der Waals surface area contributed by atoms with Gasteiger partial charge in [-0.05, 0) is 91.9 Å². The van der Waals surface area contributed by atoms with Crippen LogP contribution in [0.3, 0.4) is 0 Å². The maximum absolute atomic E-state index is 6.18. The van der Waals surface area contributed by atoms with Crippen molar-refractivity contribution < 1.29 is 4.74 Å². The Morgan fingerprint density at radius 1 is 0.926 bits per heavy atom. The van der Waals surface area contributed by atoms with E-state index >= 15 is 0 Å². The van der Waals surface area contributed by atoms with Crippen LogP contribution in [0.15, 0.2) is 63.5 Å². The maximum atomic E-state index is 6.18. The second-order valence-corrected chi connectivity index (χ2v) is 8.62. The lowest BCUT2D eigenvalue weighted by Crippen LogP contribution is -2.03. The van der Waals surface area contributed by atoms with Crippen LogP contribution in [0.1, 0.15) is 16.7 Å². The fourth-order valence-electron chi connectivity index (χ4n) is 2.58. The molecule has 3 aromatic rings. The van der Waals surface area contributed by atoms with E-state index in [4.69, 9.17) is 27.9 Å². The summed E-state index contributed by atoms with van der Waals surface area (Å²) in [6.07, 6.45) is 0. The molecule has 0 aliphatic rings. The molecule has 0 aliphatic heterocycles. The van der Waals surface area contributed by atoms with Crippen LogP contribution in [0.5, 0.6) is 5.75 Å². The molecule has 0 aromatic heterocycles. The van der Waals surface area contributed by atoms with Gasteiger partial charge in [0.05, 0.1) is 8.95 Å². The summed E-state index contributed by atoms with van der Waals surface area (Å²) in [5, 5.41) is 4.90. The lowest BCUT2D eigenvalue weighted by atomic mass is 10.1. The highest BCUT2D eigenvalue weighted by molar-refractivity contribution is 9.11. The normalized spacial score (nSPS) is 10.7. The van der Waals surface area contributed by atoms with Crippen molar-refractivity contribution in [2.75, 3.05) is 5.32 Å². The van der Waals surface area contributed by atoms with Gasteiger partial charge in [0.15, 0.2) is 0 Å². The van der Waals surface area contributed by atoms with E-state index in [0.29, 0.717) is 18.2 Å². The molecule has 0 aliphatic carbocycles. The van der Waals surface area contributed by atoms with Gasteiger partial charge in [0.1, 0.15) is 12.4 Å². The van der Waals surface area contributed by atoms with Crippen molar-refractivity contribution in [1.82, 2.24) is 0 Å². The summed E-state index contributed by atoms with van der Waals surface area (Å²) in [5.74, 6) is 0.771. The van der Waals surface area contributed by atoms with Gasteiger partial charge < -0.3 is 10.1 Å². The number of benzene rings is 3. The zero-order chi connectivity index (χ0) is 19.4. The lowest BCUT2D eigenvalue weighted by Gasteiger charge is -2.14. The number of rotatable bonds is 6. The zero-order valence-electron chi connectivity index (χ0n) is 14.5. The molecule has 0 heterocycles. The van der Waals surface area contributed by atoms with Gasteiger partial charge in [-0.25, -0.2) is 0 Å². The van der Waals surface area contributed by atoms with Crippen molar-refractivity contribution in [3.63, 3.8) is 0 Å². The number of nitrogens with one attached hydrogen (secondary N) is 1. The van der Waals surface area contributed by atoms with Crippen molar-refractivity contribution in [3.05, 3.63) is 90.3 Å². The van der Waals surface area contributed by atoms with E-state index in [9.17, 15) is 0 Å². The van der Waals surface area contributed by atoms with Crippen LogP contribution in [0.25, 0.3) is 0 Å². The molecule has 0 amide bonds. The van der Waals surface area contributed by atoms with Gasteiger partial charge in [0.2, 0.25) is 0 Å². The zero-order valence-corrected chi connectivity index (χ0v) is 19.2. The molecule has 0 saturated heterocycles. The van der Waals surface area contributed by atoms with Gasteiger partial charge in [-0.1, -0.05) is 41.4 Å². The highest BCUT2D eigenvalue weighted by atomic mass is 79.9. The van der Waals surface area contributed by atoms with Gasteiger partial charge in [0.25, 0.3) is 0 Å². The second kappa shape index (κ2) is 9.33. The number of hydrogen-bond donors (Lipinski definition) is 1. The van der Waals surface area contributed by atoms with Crippen LogP contribution in [0.2, 0.25) is 10.0 Å². The van der Waals surface area contributed by atoms with E-state index < -0.39 is 0 Å². The first-order valence-electron chi connectivity index (χ1n) is 8.28. The van der Waals surface area contributed by atoms with Gasteiger partial charge in [-0.3, -0.25) is 0 Å². The van der Waals surface area contributed by atoms with Gasteiger partial charge in [-0.15, -0.1) is 0 Å². The van der Waals surface area contributed by atoms with Crippen LogP contribution in [0.4, 0.5) is 5.69 Å². The summed E-state index contributed by atoms with van der Waals surface area (Å²) in [7, 11) is 0. The second-order valence-electron chi connectivity index (χ2n) is 6.07. The molecule has 3 aromatic carbocycles. The monoisotopic (exact) mass is 527 g/mol. The van der Waals surface area contributed by atoms with Gasteiger partial charge in [0, 0.05) is 22.3 Å². The molecular weight excluding hydrogens is 513 g/mol. The average Bonchev–Trinajstić information content (AvgIpc) is 2.64. The topological polar surface area (TPSA) is 21.3 Å². The first kappa shape index (κ1) is 20.5. The van der Waals surface area contributed by atoms with E-state index in [-0.39, 0.29) is 0 Å². The largest absolute Gasteiger partial charge is 0.487 e. The standard InChI is InChI=1S/C21H17Br2Cl2NO/c1-13-19(25)3-2-4-20(13)26-11-15-9-17(22)21(18(23)10-15)27-12-14-5-7-16(24)8-6-14/h2-10,26H,11-12H2,1H3. The first-order chi connectivity index (χ1) is 12.9. The molecule has 3 rings (SSSR count). The van der Waals surface area contributed by atoms with Crippen LogP contribution in [0, 0.1) is 6.92 Å². The van der Waals surface area contributed by atoms with Gasteiger partial charge in [-0.2, -0.15) is 0 Å². The van der Waals surface area contributed by atoms with E-state index in [1.165, 1.54) is 0 Å². The SMILES string of the molecule is Cc1c(Cl)cccc1NCc1cc(Br)c(OCc2ccc(Cl)cc2)c(Br)c1. The highest BCUT2D eigenvalue weighted by Crippen LogP contribution is 2.36. The molecule has 0 atom stereocenters. The Morgan fingerprint density at radius 3 is 2.26 bits per heavy atom. The van der Waals surface area contributed by atoms with Crippen LogP contribution < -0.4 is 10.1 Å². The van der Waals surface area contributed by atoms with Crippen molar-refractivity contribution in [2.45, 2.75) is 20.1 Å². The molecule has 0 unspecified atom stereocenters. The van der Waals surface area contributed by atoms with Crippen LogP contribution in [-0.2, 0) is 13.2 Å². The lowest BCUT2D eigenvalue weighted by molar-refractivity contribution is 0.302. The molecule has 0 radical (unpaired) electrons. The van der Waals surface area contributed by atoms with Crippen LogP contribution in [-0.4, -0.2) is 0 Å². The molecule has 1 N–H and O–H groups in total. The molecule has 27 heavy (non-hydrogen) atoms. The summed E-state index contributed by atoms with van der Waals surface area (Å²) in [5.41, 5.74) is 4.24. The van der Waals surface area contributed by atoms with Crippen molar-refractivity contribution >= 4 is 60.7 Å². The molecule has 140 valence electrons. The predicted octanol–water partition coefficient (Wildman–Crippen LogP) is 8.02. The first-order valence-corrected chi connectivity index (χ1v) is 10.6. The van der Waals surface area contributed by atoms with E-state index in [1.54, 1.807) is 0 Å². The fraction of sp³-hybridized carbons (Fsp3) is 0.143. The molecule has 0 spiro atoms. The third-order valence-corrected chi connectivity index (χ3v) is 5.94. The Morgan fingerprint density at radius 2 is 1.59 bits per heavy atom. The summed E-state index contributed by atoms with van der Waals surface area (Å²) in [6.45, 7) is 3.15. The number of ether oxygens (including phenoxy) is 1. The third-order valence-electron chi connectivity index (χ3n) is 4.11. The summed E-state index contributed by atoms with van der Waals surface area (Å²) in [6, 6.07) is 17.6. The summed E-state index contributed by atoms with van der Waals surface area (Å²) < 4.78 is 7.76. The van der Waals surface area contributed by atoms with E-state index in [1.807, 2.05) is 49.4 Å². The molecule has 0 bridgehead atoms. The highest BCUT2D eigenvalue weighted by Gasteiger charge is 2.10. The maximum Gasteiger partial charge on any atom is 0.148 e. The Labute approximate surface area is 186 Å². The quantitative estimate of drug-likeness (QED) is 0.349. The molecule has 0 saturated carbocycles. The molecular formula is C21H17Br2Cl2NO. The number of halogens is 4. The molecule has 2 nitrogen and oxygen atoms in total. The Hall–Kier alpha value is -1.20. The Balaban J connectivity index is 1.68. The Kier molecular flexibility index (Phi) is 7.10. The van der Waals surface area contributed by atoms with Crippen molar-refractivity contribution in [2.24, 2.45) is 0 Å².